The molecule has 134 valence electrons. The van der Waals surface area contributed by atoms with Crippen molar-refractivity contribution in [2.24, 2.45) is 0 Å². The Bertz CT molecular complexity index is 761. The van der Waals surface area contributed by atoms with Crippen LogP contribution in [0.25, 0.3) is 10.9 Å². The predicted octanol–water partition coefficient (Wildman–Crippen LogP) is 3.36. The molecule has 1 fully saturated rings. The molecule has 1 aromatic heterocycles. The van der Waals surface area contributed by atoms with E-state index in [2.05, 4.69) is 4.98 Å². The average Bonchev–Trinajstić information content (AvgIpc) is 2.93. The van der Waals surface area contributed by atoms with E-state index < -0.39 is 0 Å². The molecule has 0 aliphatic carbocycles. The third-order valence-electron chi connectivity index (χ3n) is 4.98. The maximum absolute atomic E-state index is 12.4. The first-order valence-corrected chi connectivity index (χ1v) is 9.48. The van der Waals surface area contributed by atoms with E-state index in [9.17, 15) is 9.59 Å². The van der Waals surface area contributed by atoms with Gasteiger partial charge in [0.2, 0.25) is 5.91 Å². The van der Waals surface area contributed by atoms with Crippen molar-refractivity contribution in [2.45, 2.75) is 57.9 Å². The Morgan fingerprint density at radius 2 is 1.76 bits per heavy atom. The molecule has 1 amide bonds. The van der Waals surface area contributed by atoms with E-state index in [0.29, 0.717) is 24.3 Å². The lowest BCUT2D eigenvalue weighted by molar-refractivity contribution is -0.131. The normalized spacial score (nSPS) is 15.3. The van der Waals surface area contributed by atoms with Crippen molar-refractivity contribution in [2.75, 3.05) is 13.1 Å². The molecule has 2 heterocycles. The number of para-hydroxylation sites is 1. The number of aryl methyl sites for hydroxylation is 1. The van der Waals surface area contributed by atoms with Crippen LogP contribution in [0.5, 0.6) is 0 Å². The van der Waals surface area contributed by atoms with Gasteiger partial charge in [-0.05, 0) is 37.8 Å². The van der Waals surface area contributed by atoms with Crippen molar-refractivity contribution in [3.05, 3.63) is 40.9 Å². The van der Waals surface area contributed by atoms with Crippen LogP contribution in [0.2, 0.25) is 0 Å². The highest BCUT2D eigenvalue weighted by Crippen LogP contribution is 2.12. The zero-order chi connectivity index (χ0) is 17.5. The summed E-state index contributed by atoms with van der Waals surface area (Å²) in [5, 5.41) is 0.668. The summed E-state index contributed by atoms with van der Waals surface area (Å²) in [4.78, 5) is 31.0. The Labute approximate surface area is 148 Å². The number of unbranched alkanes of at least 4 members (excludes halogenated alkanes) is 2. The van der Waals surface area contributed by atoms with Crippen molar-refractivity contribution in [3.8, 4) is 0 Å². The number of hydrogen-bond acceptors (Lipinski definition) is 3. The summed E-state index contributed by atoms with van der Waals surface area (Å²) in [6.45, 7) is 2.52. The molecule has 5 nitrogen and oxygen atoms in total. The highest BCUT2D eigenvalue weighted by molar-refractivity contribution is 5.77. The number of fused-ring (bicyclic) bond motifs is 1. The molecular weight excluding hydrogens is 314 g/mol. The average molecular weight is 341 g/mol. The molecule has 0 atom stereocenters. The second-order valence-electron chi connectivity index (χ2n) is 6.87. The molecule has 0 unspecified atom stereocenters. The number of amides is 1. The second kappa shape index (κ2) is 8.79. The lowest BCUT2D eigenvalue weighted by Crippen LogP contribution is -2.31. The van der Waals surface area contributed by atoms with E-state index >= 15 is 0 Å². The quantitative estimate of drug-likeness (QED) is 0.757. The Hall–Kier alpha value is -2.17. The summed E-state index contributed by atoms with van der Waals surface area (Å²) in [6.07, 6.45) is 9.79. The number of aromatic nitrogens is 2. The molecule has 2 aromatic rings. The number of hydrogen-bond donors (Lipinski definition) is 0. The van der Waals surface area contributed by atoms with Gasteiger partial charge in [0, 0.05) is 26.1 Å². The van der Waals surface area contributed by atoms with Gasteiger partial charge >= 0.3 is 0 Å². The monoisotopic (exact) mass is 341 g/mol. The minimum Gasteiger partial charge on any atom is -0.343 e. The molecule has 1 aromatic carbocycles. The summed E-state index contributed by atoms with van der Waals surface area (Å²) in [5.74, 6) is 0.298. The van der Waals surface area contributed by atoms with Crippen LogP contribution in [-0.4, -0.2) is 33.4 Å². The number of carbonyl (C=O) groups is 1. The third-order valence-corrected chi connectivity index (χ3v) is 4.98. The summed E-state index contributed by atoms with van der Waals surface area (Å²) >= 11 is 0. The molecule has 5 heteroatoms. The highest BCUT2D eigenvalue weighted by atomic mass is 16.2. The first kappa shape index (κ1) is 17.6. The Balaban J connectivity index is 1.43. The SMILES string of the molecule is O=C(CCCCCn1cnc2ccccc2c1=O)N1CCCCCC1. The molecule has 0 radical (unpaired) electrons. The van der Waals surface area contributed by atoms with Crippen molar-refractivity contribution >= 4 is 16.8 Å². The lowest BCUT2D eigenvalue weighted by atomic mass is 10.1. The zero-order valence-electron chi connectivity index (χ0n) is 14.8. The van der Waals surface area contributed by atoms with Crippen LogP contribution in [0, 0.1) is 0 Å². The second-order valence-corrected chi connectivity index (χ2v) is 6.87. The van der Waals surface area contributed by atoms with Crippen LogP contribution in [0.1, 0.15) is 51.4 Å². The maximum Gasteiger partial charge on any atom is 0.261 e. The van der Waals surface area contributed by atoms with E-state index in [1.54, 1.807) is 10.9 Å². The largest absolute Gasteiger partial charge is 0.343 e. The van der Waals surface area contributed by atoms with E-state index in [0.717, 1.165) is 50.7 Å². The minimum absolute atomic E-state index is 0.0197. The first-order valence-electron chi connectivity index (χ1n) is 9.48. The van der Waals surface area contributed by atoms with Gasteiger partial charge in [-0.25, -0.2) is 4.98 Å². The van der Waals surface area contributed by atoms with E-state index in [4.69, 9.17) is 0 Å². The number of carbonyl (C=O) groups excluding carboxylic acids is 1. The molecule has 0 bridgehead atoms. The molecule has 3 rings (SSSR count). The van der Waals surface area contributed by atoms with Crippen molar-refractivity contribution in [1.29, 1.82) is 0 Å². The van der Waals surface area contributed by atoms with Gasteiger partial charge < -0.3 is 4.90 Å². The van der Waals surface area contributed by atoms with E-state index in [-0.39, 0.29) is 5.56 Å². The van der Waals surface area contributed by atoms with Crippen LogP contribution in [0.3, 0.4) is 0 Å². The topological polar surface area (TPSA) is 55.2 Å². The molecule has 0 saturated carbocycles. The Morgan fingerprint density at radius 3 is 2.56 bits per heavy atom. The summed E-state index contributed by atoms with van der Waals surface area (Å²) < 4.78 is 1.68. The summed E-state index contributed by atoms with van der Waals surface area (Å²) in [6, 6.07) is 7.43. The Morgan fingerprint density at radius 1 is 1.00 bits per heavy atom. The van der Waals surface area contributed by atoms with Crippen LogP contribution < -0.4 is 5.56 Å². The van der Waals surface area contributed by atoms with Crippen LogP contribution >= 0.6 is 0 Å². The van der Waals surface area contributed by atoms with Crippen molar-refractivity contribution < 1.29 is 4.79 Å². The van der Waals surface area contributed by atoms with Gasteiger partial charge in [-0.15, -0.1) is 0 Å². The fourth-order valence-electron chi connectivity index (χ4n) is 3.48. The molecular formula is C20H27N3O2. The molecule has 0 spiro atoms. The minimum atomic E-state index is 0.0197. The Kier molecular flexibility index (Phi) is 6.20. The first-order chi connectivity index (χ1) is 12.3. The van der Waals surface area contributed by atoms with Crippen molar-refractivity contribution in [3.63, 3.8) is 0 Å². The lowest BCUT2D eigenvalue weighted by Gasteiger charge is -2.20. The fraction of sp³-hybridized carbons (Fsp3) is 0.550. The summed E-state index contributed by atoms with van der Waals surface area (Å²) in [7, 11) is 0. The van der Waals surface area contributed by atoms with Crippen LogP contribution in [-0.2, 0) is 11.3 Å². The molecule has 0 N–H and O–H groups in total. The maximum atomic E-state index is 12.4. The fourth-order valence-corrected chi connectivity index (χ4v) is 3.48. The van der Waals surface area contributed by atoms with Crippen molar-refractivity contribution in [1.82, 2.24) is 14.5 Å². The number of likely N-dealkylation sites (tertiary alicyclic amines) is 1. The molecule has 1 aliphatic rings. The van der Waals surface area contributed by atoms with E-state index in [1.807, 2.05) is 29.2 Å². The zero-order valence-corrected chi connectivity index (χ0v) is 14.8. The van der Waals surface area contributed by atoms with Gasteiger partial charge in [0.25, 0.3) is 5.56 Å². The van der Waals surface area contributed by atoms with Gasteiger partial charge in [0.1, 0.15) is 0 Å². The van der Waals surface area contributed by atoms with Crippen LogP contribution in [0.15, 0.2) is 35.4 Å². The number of benzene rings is 1. The number of nitrogens with zero attached hydrogens (tertiary/aromatic N) is 3. The smallest absolute Gasteiger partial charge is 0.261 e. The predicted molar refractivity (Wildman–Crippen MR) is 99.5 cm³/mol. The standard InChI is InChI=1S/C20H27N3O2/c24-19(22-13-7-1-2-8-14-22)12-4-3-9-15-23-16-21-18-11-6-5-10-17(18)20(23)25/h5-6,10-11,16H,1-4,7-9,12-15H2. The molecule has 1 saturated heterocycles. The van der Waals surface area contributed by atoms with Gasteiger partial charge in [-0.1, -0.05) is 31.4 Å². The molecule has 25 heavy (non-hydrogen) atoms. The van der Waals surface area contributed by atoms with Crippen LogP contribution in [0.4, 0.5) is 0 Å². The van der Waals surface area contributed by atoms with Gasteiger partial charge in [0.05, 0.1) is 17.2 Å². The van der Waals surface area contributed by atoms with Gasteiger partial charge in [-0.3, -0.25) is 14.2 Å². The van der Waals surface area contributed by atoms with E-state index in [1.165, 1.54) is 12.8 Å². The number of rotatable bonds is 6. The summed E-state index contributed by atoms with van der Waals surface area (Å²) in [5.41, 5.74) is 0.762. The highest BCUT2D eigenvalue weighted by Gasteiger charge is 2.14. The van der Waals surface area contributed by atoms with Gasteiger partial charge in [-0.2, -0.15) is 0 Å². The molecule has 1 aliphatic heterocycles. The van der Waals surface area contributed by atoms with Gasteiger partial charge in [0.15, 0.2) is 0 Å². The third kappa shape index (κ3) is 4.68.